The number of halogens is 1. The van der Waals surface area contributed by atoms with E-state index >= 15 is 0 Å². The van der Waals surface area contributed by atoms with Gasteiger partial charge < -0.3 is 14.5 Å². The van der Waals surface area contributed by atoms with Crippen LogP contribution in [0.2, 0.25) is 0 Å². The average molecular weight is 459 g/mol. The highest BCUT2D eigenvalue weighted by Crippen LogP contribution is 2.36. The Kier molecular flexibility index (Phi) is 6.22. The highest BCUT2D eigenvalue weighted by molar-refractivity contribution is 9.10. The lowest BCUT2D eigenvalue weighted by atomic mass is 10.2. The van der Waals surface area contributed by atoms with Crippen molar-refractivity contribution in [1.82, 2.24) is 4.90 Å². The minimum atomic E-state index is -3.67. The van der Waals surface area contributed by atoms with Gasteiger partial charge in [-0.05, 0) is 40.0 Å². The van der Waals surface area contributed by atoms with Crippen LogP contribution in [-0.4, -0.2) is 63.7 Å². The molecule has 0 bridgehead atoms. The summed E-state index contributed by atoms with van der Waals surface area (Å²) < 4.78 is 31.4. The molecule has 2 heterocycles. The van der Waals surface area contributed by atoms with Crippen molar-refractivity contribution in [2.24, 2.45) is 0 Å². The molecule has 2 aliphatic rings. The Bertz CT molecular complexity index is 850. The molecule has 2 amide bonds. The van der Waals surface area contributed by atoms with Gasteiger partial charge in [0.1, 0.15) is 0 Å². The minimum Gasteiger partial charge on any atom is -0.378 e. The second kappa shape index (κ2) is 8.28. The van der Waals surface area contributed by atoms with E-state index in [0.29, 0.717) is 55.8 Å². The number of morpholine rings is 1. The molecule has 1 fully saturated rings. The summed E-state index contributed by atoms with van der Waals surface area (Å²) in [5.41, 5.74) is 1.61. The number of carbonyl (C=O) groups excluding carboxylic acids is 2. The van der Waals surface area contributed by atoms with E-state index in [-0.39, 0.29) is 28.9 Å². The predicted octanol–water partition coefficient (Wildman–Crippen LogP) is 1.77. The standard InChI is InChI=1S/C18H23BrN2O5S/c1-2-17(22)21-5-3-13-11-14(19)16(12-15(13)21)27(24,25)10-4-18(23)20-6-8-26-9-7-20/h11-12H,2-10H2,1H3. The van der Waals surface area contributed by atoms with E-state index in [1.165, 1.54) is 0 Å². The van der Waals surface area contributed by atoms with E-state index in [1.807, 2.05) is 0 Å². The number of hydrogen-bond donors (Lipinski definition) is 0. The van der Waals surface area contributed by atoms with Crippen LogP contribution in [0.1, 0.15) is 25.3 Å². The molecule has 1 aromatic carbocycles. The number of rotatable bonds is 5. The van der Waals surface area contributed by atoms with Gasteiger partial charge in [-0.1, -0.05) is 6.92 Å². The number of benzene rings is 1. The Morgan fingerprint density at radius 1 is 1.15 bits per heavy atom. The zero-order valence-corrected chi connectivity index (χ0v) is 17.6. The summed E-state index contributed by atoms with van der Waals surface area (Å²) in [4.78, 5) is 27.8. The molecule has 9 heteroatoms. The molecule has 0 aliphatic carbocycles. The van der Waals surface area contributed by atoms with Crippen LogP contribution >= 0.6 is 15.9 Å². The Balaban J connectivity index is 1.78. The third kappa shape index (κ3) is 4.35. The smallest absolute Gasteiger partial charge is 0.226 e. The Morgan fingerprint density at radius 3 is 2.52 bits per heavy atom. The molecular formula is C18H23BrN2O5S. The van der Waals surface area contributed by atoms with Gasteiger partial charge in [-0.15, -0.1) is 0 Å². The summed E-state index contributed by atoms with van der Waals surface area (Å²) in [6.07, 6.45) is 1.00. The van der Waals surface area contributed by atoms with Gasteiger partial charge in [0.15, 0.2) is 9.84 Å². The van der Waals surface area contributed by atoms with Crippen molar-refractivity contribution < 1.29 is 22.7 Å². The summed E-state index contributed by atoms with van der Waals surface area (Å²) in [7, 11) is -3.67. The normalized spacial score (nSPS) is 17.1. The van der Waals surface area contributed by atoms with Crippen molar-refractivity contribution in [3.8, 4) is 0 Å². The predicted molar refractivity (Wildman–Crippen MR) is 105 cm³/mol. The maximum Gasteiger partial charge on any atom is 0.226 e. The topological polar surface area (TPSA) is 84.0 Å². The third-order valence-electron chi connectivity index (χ3n) is 4.92. The van der Waals surface area contributed by atoms with Crippen LogP contribution in [0.4, 0.5) is 5.69 Å². The number of amides is 2. The maximum atomic E-state index is 12.9. The molecule has 3 rings (SSSR count). The Morgan fingerprint density at radius 2 is 1.85 bits per heavy atom. The molecule has 0 spiro atoms. The van der Waals surface area contributed by atoms with E-state index in [4.69, 9.17) is 4.74 Å². The molecule has 1 saturated heterocycles. The molecule has 0 N–H and O–H groups in total. The van der Waals surface area contributed by atoms with E-state index < -0.39 is 9.84 Å². The van der Waals surface area contributed by atoms with Crippen molar-refractivity contribution >= 4 is 43.3 Å². The second-order valence-electron chi connectivity index (χ2n) is 6.62. The zero-order valence-electron chi connectivity index (χ0n) is 15.2. The first-order chi connectivity index (χ1) is 12.8. The summed E-state index contributed by atoms with van der Waals surface area (Å²) in [5.74, 6) is -0.466. The van der Waals surface area contributed by atoms with E-state index in [0.717, 1.165) is 5.56 Å². The summed E-state index contributed by atoms with van der Waals surface area (Å²) in [6, 6.07) is 3.34. The third-order valence-corrected chi connectivity index (χ3v) is 7.58. The Hall–Kier alpha value is -1.45. The van der Waals surface area contributed by atoms with Gasteiger partial charge in [0.05, 0.1) is 23.9 Å². The largest absolute Gasteiger partial charge is 0.378 e. The molecule has 27 heavy (non-hydrogen) atoms. The average Bonchev–Trinajstić information content (AvgIpc) is 3.08. The molecular weight excluding hydrogens is 436 g/mol. The quantitative estimate of drug-likeness (QED) is 0.671. The lowest BCUT2D eigenvalue weighted by Crippen LogP contribution is -2.41. The number of ether oxygens (including phenoxy) is 1. The minimum absolute atomic E-state index is 0.0260. The lowest BCUT2D eigenvalue weighted by molar-refractivity contribution is -0.134. The van der Waals surface area contributed by atoms with Gasteiger partial charge >= 0.3 is 0 Å². The molecule has 0 saturated carbocycles. The summed E-state index contributed by atoms with van der Waals surface area (Å²) >= 11 is 3.35. The highest BCUT2D eigenvalue weighted by atomic mass is 79.9. The molecule has 148 valence electrons. The maximum absolute atomic E-state index is 12.9. The molecule has 0 atom stereocenters. The SMILES string of the molecule is CCC(=O)N1CCc2cc(Br)c(S(=O)(=O)CCC(=O)N3CCOCC3)cc21. The fraction of sp³-hybridized carbons (Fsp3) is 0.556. The van der Waals surface area contributed by atoms with Crippen molar-refractivity contribution in [2.75, 3.05) is 43.5 Å². The second-order valence-corrected chi connectivity index (χ2v) is 9.55. The van der Waals surface area contributed by atoms with Gasteiger partial charge in [-0.2, -0.15) is 0 Å². The van der Waals surface area contributed by atoms with E-state index in [1.54, 1.807) is 28.9 Å². The lowest BCUT2D eigenvalue weighted by Gasteiger charge is -2.26. The summed E-state index contributed by atoms with van der Waals surface area (Å²) in [6.45, 7) is 4.30. The Labute approximate surface area is 167 Å². The van der Waals surface area contributed by atoms with Crippen molar-refractivity contribution in [1.29, 1.82) is 0 Å². The van der Waals surface area contributed by atoms with E-state index in [2.05, 4.69) is 15.9 Å². The van der Waals surface area contributed by atoms with Crippen LogP contribution in [0.5, 0.6) is 0 Å². The van der Waals surface area contributed by atoms with Crippen LogP contribution in [0, 0.1) is 0 Å². The number of carbonyl (C=O) groups is 2. The molecule has 1 aromatic rings. The van der Waals surface area contributed by atoms with Crippen molar-refractivity contribution in [2.45, 2.75) is 31.1 Å². The zero-order chi connectivity index (χ0) is 19.6. The molecule has 0 radical (unpaired) electrons. The van der Waals surface area contributed by atoms with Crippen LogP contribution in [0.25, 0.3) is 0 Å². The monoisotopic (exact) mass is 458 g/mol. The van der Waals surface area contributed by atoms with Crippen molar-refractivity contribution in [3.05, 3.63) is 22.2 Å². The number of anilines is 1. The molecule has 0 aromatic heterocycles. The van der Waals surface area contributed by atoms with Gasteiger partial charge in [0.25, 0.3) is 0 Å². The van der Waals surface area contributed by atoms with Crippen LogP contribution < -0.4 is 4.90 Å². The van der Waals surface area contributed by atoms with Crippen LogP contribution in [0.3, 0.4) is 0 Å². The first-order valence-electron chi connectivity index (χ1n) is 9.04. The first-order valence-corrected chi connectivity index (χ1v) is 11.5. The van der Waals surface area contributed by atoms with Gasteiger partial charge in [0.2, 0.25) is 11.8 Å². The van der Waals surface area contributed by atoms with Crippen molar-refractivity contribution in [3.63, 3.8) is 0 Å². The van der Waals surface area contributed by atoms with Gasteiger partial charge in [-0.3, -0.25) is 9.59 Å². The fourth-order valence-corrected chi connectivity index (χ4v) is 5.82. The summed E-state index contributed by atoms with van der Waals surface area (Å²) in [5, 5.41) is 0. The molecule has 2 aliphatic heterocycles. The number of hydrogen-bond acceptors (Lipinski definition) is 5. The highest BCUT2D eigenvalue weighted by Gasteiger charge is 2.29. The number of nitrogens with zero attached hydrogens (tertiary/aromatic N) is 2. The van der Waals surface area contributed by atoms with Gasteiger partial charge in [0, 0.05) is 42.6 Å². The van der Waals surface area contributed by atoms with E-state index in [9.17, 15) is 18.0 Å². The number of sulfone groups is 1. The fourth-order valence-electron chi connectivity index (χ4n) is 3.38. The molecule has 7 nitrogen and oxygen atoms in total. The first kappa shape index (κ1) is 20.3. The molecule has 0 unspecified atom stereocenters. The van der Waals surface area contributed by atoms with Gasteiger partial charge in [-0.25, -0.2) is 8.42 Å². The number of fused-ring (bicyclic) bond motifs is 1. The van der Waals surface area contributed by atoms with Crippen LogP contribution in [-0.2, 0) is 30.6 Å². The van der Waals surface area contributed by atoms with Crippen LogP contribution in [0.15, 0.2) is 21.5 Å².